The van der Waals surface area contributed by atoms with Crippen LogP contribution in [-0.4, -0.2) is 6.29 Å². The molecule has 0 aliphatic rings. The number of hydrogen-bond acceptors (Lipinski definition) is 1. The summed E-state index contributed by atoms with van der Waals surface area (Å²) in [6.45, 7) is 4.42. The molecule has 0 N–H and O–H groups in total. The van der Waals surface area contributed by atoms with E-state index >= 15 is 0 Å². The van der Waals surface area contributed by atoms with E-state index in [0.717, 1.165) is 12.7 Å². The molecular formula is C14H22O. The highest BCUT2D eigenvalue weighted by Crippen LogP contribution is 2.00. The van der Waals surface area contributed by atoms with E-state index in [1.54, 1.807) is 0 Å². The quantitative estimate of drug-likeness (QED) is 0.665. The summed E-state index contributed by atoms with van der Waals surface area (Å²) in [4.78, 5) is 9.98. The highest BCUT2D eigenvalue weighted by Gasteiger charge is 1.87. The summed E-state index contributed by atoms with van der Waals surface area (Å²) in [7, 11) is 0. The van der Waals surface area contributed by atoms with E-state index in [4.69, 9.17) is 0 Å². The lowest BCUT2D eigenvalue weighted by atomic mass is 10.1. The zero-order chi connectivity index (χ0) is 11.4. The first kappa shape index (κ1) is 13.9. The minimum Gasteiger partial charge on any atom is -0.303 e. The number of carbonyl (C=O) groups is 1. The van der Waals surface area contributed by atoms with Gasteiger partial charge < -0.3 is 4.79 Å². The Morgan fingerprint density at radius 2 is 1.67 bits per heavy atom. The average Bonchev–Trinajstić information content (AvgIpc) is 2.30. The molecule has 1 heteroatoms. The summed E-state index contributed by atoms with van der Waals surface area (Å²) in [5.74, 6) is 0. The molecule has 0 heterocycles. The highest BCUT2D eigenvalue weighted by molar-refractivity contribution is 5.49. The maximum atomic E-state index is 9.98. The Hall–Kier alpha value is -1.11. The lowest BCUT2D eigenvalue weighted by Crippen LogP contribution is -1.83. The predicted octanol–water partition coefficient (Wildman–Crippen LogP) is 4.01. The highest BCUT2D eigenvalue weighted by atomic mass is 16.1. The SMILES string of the molecule is CCCCC.O=CCCc1ccccc1. The fourth-order valence-electron chi connectivity index (χ4n) is 1.22. The Bertz CT molecular complexity index is 226. The van der Waals surface area contributed by atoms with Crippen molar-refractivity contribution in [3.8, 4) is 0 Å². The molecule has 0 aliphatic heterocycles. The summed E-state index contributed by atoms with van der Waals surface area (Å²) < 4.78 is 0. The maximum absolute atomic E-state index is 9.98. The molecule has 0 amide bonds. The molecule has 0 aliphatic carbocycles. The summed E-state index contributed by atoms with van der Waals surface area (Å²) in [5.41, 5.74) is 1.23. The number of hydrogen-bond donors (Lipinski definition) is 0. The van der Waals surface area contributed by atoms with Crippen LogP contribution in [0.4, 0.5) is 0 Å². The van der Waals surface area contributed by atoms with Gasteiger partial charge in [0, 0.05) is 6.42 Å². The Balaban J connectivity index is 0.000000336. The Morgan fingerprint density at radius 3 is 2.07 bits per heavy atom. The van der Waals surface area contributed by atoms with Gasteiger partial charge in [0.05, 0.1) is 0 Å². The fourth-order valence-corrected chi connectivity index (χ4v) is 1.22. The lowest BCUT2D eigenvalue weighted by Gasteiger charge is -1.93. The number of aldehydes is 1. The maximum Gasteiger partial charge on any atom is 0.120 e. The van der Waals surface area contributed by atoms with Gasteiger partial charge in [0.25, 0.3) is 0 Å². The van der Waals surface area contributed by atoms with Gasteiger partial charge in [0.2, 0.25) is 0 Å². The first-order valence-corrected chi connectivity index (χ1v) is 5.82. The van der Waals surface area contributed by atoms with Gasteiger partial charge >= 0.3 is 0 Å². The van der Waals surface area contributed by atoms with Crippen molar-refractivity contribution in [2.24, 2.45) is 0 Å². The zero-order valence-corrected chi connectivity index (χ0v) is 9.91. The van der Waals surface area contributed by atoms with Crippen LogP contribution < -0.4 is 0 Å². The molecular weight excluding hydrogens is 184 g/mol. The molecule has 1 rings (SSSR count). The van der Waals surface area contributed by atoms with Crippen molar-refractivity contribution in [1.29, 1.82) is 0 Å². The van der Waals surface area contributed by atoms with Gasteiger partial charge in [-0.1, -0.05) is 63.4 Å². The first-order valence-electron chi connectivity index (χ1n) is 5.82. The molecule has 0 radical (unpaired) electrons. The van der Waals surface area contributed by atoms with Crippen LogP contribution in [0, 0.1) is 0 Å². The Kier molecular flexibility index (Phi) is 10.2. The fraction of sp³-hybridized carbons (Fsp3) is 0.500. The van der Waals surface area contributed by atoms with Crippen molar-refractivity contribution in [2.75, 3.05) is 0 Å². The van der Waals surface area contributed by atoms with Gasteiger partial charge in [-0.25, -0.2) is 0 Å². The smallest absolute Gasteiger partial charge is 0.120 e. The molecule has 0 saturated heterocycles. The van der Waals surface area contributed by atoms with E-state index in [-0.39, 0.29) is 0 Å². The number of benzene rings is 1. The lowest BCUT2D eigenvalue weighted by molar-refractivity contribution is -0.107. The molecule has 0 bridgehead atoms. The van der Waals surface area contributed by atoms with Crippen LogP contribution in [0.25, 0.3) is 0 Å². The van der Waals surface area contributed by atoms with Crippen LogP contribution in [0.15, 0.2) is 30.3 Å². The summed E-state index contributed by atoms with van der Waals surface area (Å²) in [5, 5.41) is 0. The molecule has 0 spiro atoms. The van der Waals surface area contributed by atoms with E-state index in [1.807, 2.05) is 30.3 Å². The molecule has 1 nitrogen and oxygen atoms in total. The minimum absolute atomic E-state index is 0.629. The van der Waals surface area contributed by atoms with Crippen LogP contribution >= 0.6 is 0 Å². The Morgan fingerprint density at radius 1 is 1.07 bits per heavy atom. The molecule has 0 aromatic heterocycles. The van der Waals surface area contributed by atoms with Gasteiger partial charge in [0.1, 0.15) is 6.29 Å². The van der Waals surface area contributed by atoms with Crippen molar-refractivity contribution in [3.05, 3.63) is 35.9 Å². The number of rotatable bonds is 5. The topological polar surface area (TPSA) is 17.1 Å². The molecule has 15 heavy (non-hydrogen) atoms. The first-order chi connectivity index (χ1) is 7.35. The zero-order valence-electron chi connectivity index (χ0n) is 9.91. The van der Waals surface area contributed by atoms with E-state index in [2.05, 4.69) is 13.8 Å². The normalized spacial score (nSPS) is 8.93. The van der Waals surface area contributed by atoms with Crippen molar-refractivity contribution in [1.82, 2.24) is 0 Å². The molecule has 0 fully saturated rings. The molecule has 1 aromatic rings. The molecule has 0 atom stereocenters. The summed E-state index contributed by atoms with van der Waals surface area (Å²) in [6.07, 6.45) is 6.52. The number of aryl methyl sites for hydroxylation is 1. The molecule has 84 valence electrons. The predicted molar refractivity (Wildman–Crippen MR) is 66.0 cm³/mol. The van der Waals surface area contributed by atoms with Crippen LogP contribution in [0.1, 0.15) is 45.1 Å². The van der Waals surface area contributed by atoms with Crippen LogP contribution in [-0.2, 0) is 11.2 Å². The van der Waals surface area contributed by atoms with Gasteiger partial charge in [-0.2, -0.15) is 0 Å². The molecule has 0 saturated carbocycles. The second kappa shape index (κ2) is 11.0. The third-order valence-electron chi connectivity index (χ3n) is 2.10. The standard InChI is InChI=1S/C9H10O.C5H12/c10-8-4-7-9-5-2-1-3-6-9;1-3-5-4-2/h1-3,5-6,8H,4,7H2;3-5H2,1-2H3. The van der Waals surface area contributed by atoms with Crippen molar-refractivity contribution >= 4 is 6.29 Å². The monoisotopic (exact) mass is 206 g/mol. The summed E-state index contributed by atoms with van der Waals surface area (Å²) in [6, 6.07) is 10.0. The minimum atomic E-state index is 0.629. The van der Waals surface area contributed by atoms with Crippen molar-refractivity contribution in [3.63, 3.8) is 0 Å². The average molecular weight is 206 g/mol. The van der Waals surface area contributed by atoms with E-state index in [9.17, 15) is 4.79 Å². The summed E-state index contributed by atoms with van der Waals surface area (Å²) >= 11 is 0. The van der Waals surface area contributed by atoms with Gasteiger partial charge in [-0.3, -0.25) is 0 Å². The second-order valence-corrected chi connectivity index (χ2v) is 3.54. The van der Waals surface area contributed by atoms with Gasteiger partial charge in [0.15, 0.2) is 0 Å². The van der Waals surface area contributed by atoms with Gasteiger partial charge in [-0.15, -0.1) is 0 Å². The van der Waals surface area contributed by atoms with Crippen molar-refractivity contribution < 1.29 is 4.79 Å². The largest absolute Gasteiger partial charge is 0.303 e. The number of carbonyl (C=O) groups excluding carboxylic acids is 1. The third kappa shape index (κ3) is 9.20. The van der Waals surface area contributed by atoms with Crippen molar-refractivity contribution in [2.45, 2.75) is 46.0 Å². The van der Waals surface area contributed by atoms with Crippen LogP contribution in [0.2, 0.25) is 0 Å². The van der Waals surface area contributed by atoms with Crippen LogP contribution in [0.3, 0.4) is 0 Å². The Labute approximate surface area is 93.5 Å². The van der Waals surface area contributed by atoms with E-state index in [1.165, 1.54) is 24.8 Å². The number of unbranched alkanes of at least 4 members (excludes halogenated alkanes) is 2. The molecule has 0 unspecified atom stereocenters. The molecule has 1 aromatic carbocycles. The second-order valence-electron chi connectivity index (χ2n) is 3.54. The third-order valence-corrected chi connectivity index (χ3v) is 2.10. The van der Waals surface area contributed by atoms with Crippen LogP contribution in [0.5, 0.6) is 0 Å². The van der Waals surface area contributed by atoms with Gasteiger partial charge in [-0.05, 0) is 12.0 Å². The van der Waals surface area contributed by atoms with E-state index in [0.29, 0.717) is 6.42 Å². The van der Waals surface area contributed by atoms with E-state index < -0.39 is 0 Å².